The molecule has 0 saturated heterocycles. The van der Waals surface area contributed by atoms with Crippen LogP contribution in [0.5, 0.6) is 0 Å². The number of para-hydroxylation sites is 1. The Morgan fingerprint density at radius 3 is 2.37 bits per heavy atom. The maximum atomic E-state index is 12.1. The average Bonchev–Trinajstić information content (AvgIpc) is 2.36. The number of nitrogen functional groups attached to an aromatic ring is 1. The molecule has 19 heavy (non-hydrogen) atoms. The Morgan fingerprint density at radius 2 is 1.74 bits per heavy atom. The molecule has 2 aromatic rings. The number of nitrogens with one attached hydrogen (secondary N) is 1. The molecule has 0 bridgehead atoms. The number of anilines is 1. The molecule has 0 aliphatic heterocycles. The predicted molar refractivity (Wildman–Crippen MR) is 77.9 cm³/mol. The summed E-state index contributed by atoms with van der Waals surface area (Å²) in [6.07, 6.45) is 0. The van der Waals surface area contributed by atoms with Gasteiger partial charge in [-0.2, -0.15) is 0 Å². The minimum absolute atomic E-state index is 0.0740. The Hall–Kier alpha value is -2.29. The van der Waals surface area contributed by atoms with Gasteiger partial charge in [-0.05, 0) is 37.6 Å². The van der Waals surface area contributed by atoms with Gasteiger partial charge in [0, 0.05) is 17.8 Å². The van der Waals surface area contributed by atoms with E-state index in [2.05, 4.69) is 5.32 Å². The lowest BCUT2D eigenvalue weighted by molar-refractivity contribution is 0.0951. The molecule has 3 heteroatoms. The third-order valence-electron chi connectivity index (χ3n) is 2.98. The lowest BCUT2D eigenvalue weighted by atomic mass is 10.1. The zero-order valence-electron chi connectivity index (χ0n) is 11.2. The first kappa shape index (κ1) is 13.1. The first-order chi connectivity index (χ1) is 9.06. The number of amides is 1. The molecule has 3 N–H and O–H groups in total. The second-order valence-corrected chi connectivity index (χ2v) is 4.76. The summed E-state index contributed by atoms with van der Waals surface area (Å²) in [4.78, 5) is 12.1. The van der Waals surface area contributed by atoms with Crippen LogP contribution in [0.1, 0.15) is 27.0 Å². The van der Waals surface area contributed by atoms with Gasteiger partial charge in [-0.15, -0.1) is 0 Å². The van der Waals surface area contributed by atoms with Crippen molar-refractivity contribution in [2.75, 3.05) is 5.73 Å². The van der Waals surface area contributed by atoms with Crippen molar-refractivity contribution >= 4 is 11.6 Å². The smallest absolute Gasteiger partial charge is 0.251 e. The van der Waals surface area contributed by atoms with Gasteiger partial charge in [0.05, 0.1) is 0 Å². The Balaban J connectivity index is 2.08. The Kier molecular flexibility index (Phi) is 3.85. The normalized spacial score (nSPS) is 10.2. The van der Waals surface area contributed by atoms with Crippen LogP contribution in [0.15, 0.2) is 42.5 Å². The van der Waals surface area contributed by atoms with E-state index in [-0.39, 0.29) is 5.91 Å². The molecule has 0 unspecified atom stereocenters. The van der Waals surface area contributed by atoms with Crippen molar-refractivity contribution in [1.82, 2.24) is 5.32 Å². The van der Waals surface area contributed by atoms with Crippen molar-refractivity contribution in [3.63, 3.8) is 0 Å². The summed E-state index contributed by atoms with van der Waals surface area (Å²) in [5, 5.41) is 2.89. The molecule has 1 amide bonds. The van der Waals surface area contributed by atoms with Crippen molar-refractivity contribution in [3.05, 3.63) is 64.7 Å². The second-order valence-electron chi connectivity index (χ2n) is 4.76. The van der Waals surface area contributed by atoms with Crippen molar-refractivity contribution in [3.8, 4) is 0 Å². The third kappa shape index (κ3) is 3.35. The summed E-state index contributed by atoms with van der Waals surface area (Å²) in [6, 6.07) is 13.4. The van der Waals surface area contributed by atoms with Crippen LogP contribution in [0.3, 0.4) is 0 Å². The molecule has 0 heterocycles. The van der Waals surface area contributed by atoms with E-state index < -0.39 is 0 Å². The zero-order chi connectivity index (χ0) is 13.8. The van der Waals surface area contributed by atoms with Crippen LogP contribution < -0.4 is 11.1 Å². The number of hydrogen-bond donors (Lipinski definition) is 2. The predicted octanol–water partition coefficient (Wildman–Crippen LogP) is 2.82. The van der Waals surface area contributed by atoms with Crippen LogP contribution in [0.25, 0.3) is 0 Å². The molecule has 0 saturated carbocycles. The molecule has 3 nitrogen and oxygen atoms in total. The SMILES string of the molecule is Cc1cc(C)cc(C(=O)NCc2ccccc2N)c1. The lowest BCUT2D eigenvalue weighted by Gasteiger charge is -2.09. The summed E-state index contributed by atoms with van der Waals surface area (Å²) in [5.41, 5.74) is 10.3. The molecular formula is C16H18N2O. The van der Waals surface area contributed by atoms with Gasteiger partial charge in [-0.3, -0.25) is 4.79 Å². The zero-order valence-corrected chi connectivity index (χ0v) is 11.2. The van der Waals surface area contributed by atoms with Crippen LogP contribution in [0, 0.1) is 13.8 Å². The van der Waals surface area contributed by atoms with Crippen molar-refractivity contribution < 1.29 is 4.79 Å². The first-order valence-electron chi connectivity index (χ1n) is 6.26. The minimum atomic E-state index is -0.0740. The van der Waals surface area contributed by atoms with Gasteiger partial charge in [0.2, 0.25) is 0 Å². The van der Waals surface area contributed by atoms with E-state index in [0.717, 1.165) is 16.7 Å². The highest BCUT2D eigenvalue weighted by atomic mass is 16.1. The monoisotopic (exact) mass is 254 g/mol. The Bertz CT molecular complexity index is 585. The molecule has 0 aliphatic carbocycles. The Labute approximate surface area is 113 Å². The van der Waals surface area contributed by atoms with Crippen molar-refractivity contribution in [2.24, 2.45) is 0 Å². The fraction of sp³-hybridized carbons (Fsp3) is 0.188. The summed E-state index contributed by atoms with van der Waals surface area (Å²) in [7, 11) is 0. The summed E-state index contributed by atoms with van der Waals surface area (Å²) < 4.78 is 0. The molecule has 2 rings (SSSR count). The fourth-order valence-electron chi connectivity index (χ4n) is 2.08. The molecule has 98 valence electrons. The number of aryl methyl sites for hydroxylation is 2. The van der Waals surface area contributed by atoms with Crippen LogP contribution in [-0.4, -0.2) is 5.91 Å². The van der Waals surface area contributed by atoms with Crippen LogP contribution in [-0.2, 0) is 6.54 Å². The van der Waals surface area contributed by atoms with Crippen LogP contribution in [0.2, 0.25) is 0 Å². The van der Waals surface area contributed by atoms with Gasteiger partial charge in [0.15, 0.2) is 0 Å². The largest absolute Gasteiger partial charge is 0.398 e. The third-order valence-corrected chi connectivity index (χ3v) is 2.98. The topological polar surface area (TPSA) is 55.1 Å². The van der Waals surface area contributed by atoms with Crippen molar-refractivity contribution in [1.29, 1.82) is 0 Å². The van der Waals surface area contributed by atoms with Gasteiger partial charge < -0.3 is 11.1 Å². The highest BCUT2D eigenvalue weighted by molar-refractivity contribution is 5.94. The van der Waals surface area contributed by atoms with Crippen LogP contribution in [0.4, 0.5) is 5.69 Å². The standard InChI is InChI=1S/C16H18N2O/c1-11-7-12(2)9-14(8-11)16(19)18-10-13-5-3-4-6-15(13)17/h3-9H,10,17H2,1-2H3,(H,18,19). The van der Waals surface area contributed by atoms with E-state index in [4.69, 9.17) is 5.73 Å². The number of hydrogen-bond acceptors (Lipinski definition) is 2. The van der Waals surface area contributed by atoms with E-state index in [1.165, 1.54) is 0 Å². The van der Waals surface area contributed by atoms with E-state index in [9.17, 15) is 4.79 Å². The molecule has 0 aliphatic rings. The molecule has 0 atom stereocenters. The summed E-state index contributed by atoms with van der Waals surface area (Å²) in [6.45, 7) is 4.41. The Morgan fingerprint density at radius 1 is 1.11 bits per heavy atom. The lowest BCUT2D eigenvalue weighted by Crippen LogP contribution is -2.23. The highest BCUT2D eigenvalue weighted by Crippen LogP contribution is 2.11. The van der Waals surface area contributed by atoms with Gasteiger partial charge in [-0.1, -0.05) is 35.4 Å². The molecule has 0 radical (unpaired) electrons. The summed E-state index contributed by atoms with van der Waals surface area (Å²) >= 11 is 0. The molecular weight excluding hydrogens is 236 g/mol. The van der Waals surface area contributed by atoms with Crippen molar-refractivity contribution in [2.45, 2.75) is 20.4 Å². The maximum absolute atomic E-state index is 12.1. The van der Waals surface area contributed by atoms with Gasteiger partial charge in [0.1, 0.15) is 0 Å². The number of benzene rings is 2. The van der Waals surface area contributed by atoms with E-state index >= 15 is 0 Å². The van der Waals surface area contributed by atoms with Gasteiger partial charge >= 0.3 is 0 Å². The van der Waals surface area contributed by atoms with E-state index in [1.807, 2.05) is 56.3 Å². The van der Waals surface area contributed by atoms with E-state index in [1.54, 1.807) is 0 Å². The highest BCUT2D eigenvalue weighted by Gasteiger charge is 2.07. The number of carbonyl (C=O) groups is 1. The number of rotatable bonds is 3. The number of nitrogens with two attached hydrogens (primary N) is 1. The van der Waals surface area contributed by atoms with E-state index in [0.29, 0.717) is 17.8 Å². The quantitative estimate of drug-likeness (QED) is 0.827. The van der Waals surface area contributed by atoms with Crippen LogP contribution >= 0.6 is 0 Å². The molecule has 2 aromatic carbocycles. The number of carbonyl (C=O) groups excluding carboxylic acids is 1. The van der Waals surface area contributed by atoms with Gasteiger partial charge in [0.25, 0.3) is 5.91 Å². The molecule has 0 fully saturated rings. The maximum Gasteiger partial charge on any atom is 0.251 e. The minimum Gasteiger partial charge on any atom is -0.398 e. The fourth-order valence-corrected chi connectivity index (χ4v) is 2.08. The molecule has 0 spiro atoms. The second kappa shape index (κ2) is 5.57. The molecule has 0 aromatic heterocycles. The summed E-state index contributed by atoms with van der Waals surface area (Å²) in [5.74, 6) is -0.0740. The first-order valence-corrected chi connectivity index (χ1v) is 6.26. The average molecular weight is 254 g/mol. The van der Waals surface area contributed by atoms with Gasteiger partial charge in [-0.25, -0.2) is 0 Å².